The van der Waals surface area contributed by atoms with Crippen LogP contribution in [-0.4, -0.2) is 84.2 Å². The molecule has 1 fully saturated rings. The number of carbonyl (C=O) groups is 2. The number of fused-ring (bicyclic) bond motifs is 1. The number of hydrogen-bond donors (Lipinski definition) is 1. The number of piperidine rings is 1. The van der Waals surface area contributed by atoms with Crippen LogP contribution >= 0.6 is 0 Å². The summed E-state index contributed by atoms with van der Waals surface area (Å²) in [5.41, 5.74) is 0.00347. The number of likely N-dealkylation sites (N-methyl/N-ethyl adjacent to an activating group) is 1. The predicted octanol–water partition coefficient (Wildman–Crippen LogP) is 0.992. The predicted molar refractivity (Wildman–Crippen MR) is 106 cm³/mol. The Hall–Kier alpha value is -1.99. The van der Waals surface area contributed by atoms with E-state index in [9.17, 15) is 9.59 Å². The summed E-state index contributed by atoms with van der Waals surface area (Å²) in [5, 5.41) is 3.16. The topological polar surface area (TPSA) is 68.2 Å². The van der Waals surface area contributed by atoms with E-state index in [2.05, 4.69) is 41.3 Å². The summed E-state index contributed by atoms with van der Waals surface area (Å²) in [7, 11) is 6.29. The number of aliphatic imine (C=N–C) groups is 1. The molecule has 3 heterocycles. The van der Waals surface area contributed by atoms with E-state index < -0.39 is 5.54 Å². The molecule has 0 aromatic rings. The van der Waals surface area contributed by atoms with Gasteiger partial charge in [-0.05, 0) is 78.6 Å². The molecular weight excluding hydrogens is 342 g/mol. The lowest BCUT2D eigenvalue weighted by Crippen LogP contribution is -2.63. The van der Waals surface area contributed by atoms with E-state index in [1.165, 1.54) is 0 Å². The van der Waals surface area contributed by atoms with Crippen molar-refractivity contribution in [3.63, 3.8) is 0 Å². The summed E-state index contributed by atoms with van der Waals surface area (Å²) in [4.78, 5) is 35.9. The molecule has 7 heteroatoms. The van der Waals surface area contributed by atoms with Crippen LogP contribution in [0, 0.1) is 0 Å². The van der Waals surface area contributed by atoms with Gasteiger partial charge in [0.15, 0.2) is 0 Å². The normalized spacial score (nSPS) is 27.9. The summed E-state index contributed by atoms with van der Waals surface area (Å²) in [6, 6.07) is 0. The lowest BCUT2D eigenvalue weighted by molar-refractivity contribution is -0.135. The number of amides is 2. The van der Waals surface area contributed by atoms with Crippen LogP contribution in [0.3, 0.4) is 0 Å². The van der Waals surface area contributed by atoms with Gasteiger partial charge in [0, 0.05) is 18.3 Å². The zero-order chi connectivity index (χ0) is 19.8. The molecule has 0 aliphatic carbocycles. The third kappa shape index (κ3) is 3.71. The molecule has 0 aromatic carbocycles. The highest BCUT2D eigenvalue weighted by Crippen LogP contribution is 2.30. The summed E-state index contributed by atoms with van der Waals surface area (Å²) < 4.78 is 0. The van der Waals surface area contributed by atoms with Crippen molar-refractivity contribution in [2.45, 2.75) is 44.2 Å². The van der Waals surface area contributed by atoms with Crippen molar-refractivity contribution in [3.05, 3.63) is 23.9 Å². The first kappa shape index (κ1) is 19.8. The van der Waals surface area contributed by atoms with Crippen LogP contribution in [0.2, 0.25) is 0 Å². The molecule has 1 saturated heterocycles. The molecule has 0 radical (unpaired) electrons. The Balaban J connectivity index is 1.76. The zero-order valence-corrected chi connectivity index (χ0v) is 17.1. The second-order valence-corrected chi connectivity index (χ2v) is 8.49. The first-order chi connectivity index (χ1) is 12.7. The maximum absolute atomic E-state index is 13.2. The Kier molecular flexibility index (Phi) is 5.27. The molecule has 0 saturated carbocycles. The highest BCUT2D eigenvalue weighted by molar-refractivity contribution is 6.09. The van der Waals surface area contributed by atoms with Gasteiger partial charge >= 0.3 is 0 Å². The van der Waals surface area contributed by atoms with Gasteiger partial charge in [0.05, 0.1) is 6.42 Å². The molecule has 3 aliphatic rings. The second-order valence-electron chi connectivity index (χ2n) is 8.49. The Bertz CT molecular complexity index is 716. The Morgan fingerprint density at radius 2 is 2.00 bits per heavy atom. The Labute approximate surface area is 161 Å². The number of hydrogen-bond acceptors (Lipinski definition) is 5. The molecule has 1 N–H and O–H groups in total. The lowest BCUT2D eigenvalue weighted by atomic mass is 9.85. The van der Waals surface area contributed by atoms with E-state index in [1.807, 2.05) is 37.1 Å². The molecular formula is C20H31N5O2. The number of amidine groups is 1. The molecule has 3 aliphatic heterocycles. The van der Waals surface area contributed by atoms with Crippen molar-refractivity contribution in [1.29, 1.82) is 0 Å². The van der Waals surface area contributed by atoms with Gasteiger partial charge in [0.2, 0.25) is 5.91 Å². The highest BCUT2D eigenvalue weighted by Gasteiger charge is 2.46. The number of allylic oxidation sites excluding steroid dienone is 2. The van der Waals surface area contributed by atoms with E-state index in [0.717, 1.165) is 31.5 Å². The third-order valence-electron chi connectivity index (χ3n) is 6.29. The number of rotatable bonds is 4. The van der Waals surface area contributed by atoms with Crippen LogP contribution in [0.5, 0.6) is 0 Å². The van der Waals surface area contributed by atoms with Gasteiger partial charge in [0.25, 0.3) is 5.91 Å². The zero-order valence-electron chi connectivity index (χ0n) is 17.1. The van der Waals surface area contributed by atoms with Gasteiger partial charge in [-0.2, -0.15) is 4.99 Å². The van der Waals surface area contributed by atoms with E-state index in [-0.39, 0.29) is 23.8 Å². The fourth-order valence-electron chi connectivity index (χ4n) is 4.08. The average molecular weight is 374 g/mol. The van der Waals surface area contributed by atoms with Crippen molar-refractivity contribution in [3.8, 4) is 0 Å². The minimum Gasteiger partial charge on any atom is -0.352 e. The summed E-state index contributed by atoms with van der Waals surface area (Å²) in [6.45, 7) is 6.38. The van der Waals surface area contributed by atoms with Crippen LogP contribution in [-0.2, 0) is 9.59 Å². The minimum atomic E-state index is -0.958. The second kappa shape index (κ2) is 7.20. The maximum atomic E-state index is 13.2. The SMILES string of the molecule is CC1=CC2=NC(=O)C[C@@](C)(C(=O)NCC3(N(C)C)CCN(C)CC3)N2C=C1. The molecule has 2 amide bonds. The molecule has 0 bridgehead atoms. The van der Waals surface area contributed by atoms with Crippen molar-refractivity contribution >= 4 is 17.6 Å². The van der Waals surface area contributed by atoms with Crippen LogP contribution in [0.15, 0.2) is 28.9 Å². The summed E-state index contributed by atoms with van der Waals surface area (Å²) >= 11 is 0. The molecule has 0 unspecified atom stereocenters. The molecule has 0 aromatic heterocycles. The Morgan fingerprint density at radius 3 is 2.63 bits per heavy atom. The summed E-state index contributed by atoms with van der Waals surface area (Å²) in [5.74, 6) is 0.173. The molecule has 27 heavy (non-hydrogen) atoms. The molecule has 1 atom stereocenters. The monoisotopic (exact) mass is 373 g/mol. The average Bonchev–Trinajstić information content (AvgIpc) is 2.60. The standard InChI is InChI=1S/C20H31N5O2/c1-15-6-9-25-16(12-15)22-17(26)13-19(25,2)18(27)21-14-20(23(3)4)7-10-24(5)11-8-20/h6,9,12H,7-8,10-11,13-14H2,1-5H3,(H,21,27)/t19-/m0/s1. The fourth-order valence-corrected chi connectivity index (χ4v) is 4.08. The first-order valence-corrected chi connectivity index (χ1v) is 9.58. The highest BCUT2D eigenvalue weighted by atomic mass is 16.2. The van der Waals surface area contributed by atoms with Gasteiger partial charge in [-0.1, -0.05) is 0 Å². The van der Waals surface area contributed by atoms with Gasteiger partial charge in [-0.25, -0.2) is 0 Å². The van der Waals surface area contributed by atoms with Crippen molar-refractivity contribution in [2.24, 2.45) is 4.99 Å². The van der Waals surface area contributed by atoms with Crippen LogP contribution < -0.4 is 5.32 Å². The quantitative estimate of drug-likeness (QED) is 0.796. The van der Waals surface area contributed by atoms with E-state index >= 15 is 0 Å². The van der Waals surface area contributed by atoms with Gasteiger partial charge in [-0.15, -0.1) is 0 Å². The lowest BCUT2D eigenvalue weighted by Gasteiger charge is -2.47. The maximum Gasteiger partial charge on any atom is 0.250 e. The van der Waals surface area contributed by atoms with Crippen molar-refractivity contribution < 1.29 is 9.59 Å². The smallest absolute Gasteiger partial charge is 0.250 e. The fraction of sp³-hybridized carbons (Fsp3) is 0.650. The molecule has 148 valence electrons. The number of carbonyl (C=O) groups excluding carboxylic acids is 2. The van der Waals surface area contributed by atoms with Gasteiger partial charge in [-0.3, -0.25) is 9.59 Å². The molecule has 0 spiro atoms. The van der Waals surface area contributed by atoms with Crippen molar-refractivity contribution in [1.82, 2.24) is 20.0 Å². The van der Waals surface area contributed by atoms with Gasteiger partial charge < -0.3 is 20.0 Å². The Morgan fingerprint density at radius 1 is 1.33 bits per heavy atom. The van der Waals surface area contributed by atoms with Crippen LogP contribution in [0.1, 0.15) is 33.1 Å². The van der Waals surface area contributed by atoms with E-state index in [4.69, 9.17) is 0 Å². The largest absolute Gasteiger partial charge is 0.352 e. The molecule has 7 nitrogen and oxygen atoms in total. The number of nitrogens with zero attached hydrogens (tertiary/aromatic N) is 4. The van der Waals surface area contributed by atoms with Crippen LogP contribution in [0.25, 0.3) is 0 Å². The molecule has 3 rings (SSSR count). The van der Waals surface area contributed by atoms with Gasteiger partial charge in [0.1, 0.15) is 11.4 Å². The van der Waals surface area contributed by atoms with Crippen LogP contribution in [0.4, 0.5) is 0 Å². The minimum absolute atomic E-state index is 0.0532. The number of nitrogens with one attached hydrogen (secondary N) is 1. The van der Waals surface area contributed by atoms with E-state index in [1.54, 1.807) is 0 Å². The third-order valence-corrected chi connectivity index (χ3v) is 6.29. The van der Waals surface area contributed by atoms with E-state index in [0.29, 0.717) is 12.4 Å². The summed E-state index contributed by atoms with van der Waals surface area (Å²) in [6.07, 6.45) is 7.74. The van der Waals surface area contributed by atoms with Crippen molar-refractivity contribution in [2.75, 3.05) is 40.8 Å². The number of likely N-dealkylation sites (tertiary alicyclic amines) is 1. The first-order valence-electron chi connectivity index (χ1n) is 9.58.